The summed E-state index contributed by atoms with van der Waals surface area (Å²) >= 11 is 0. The number of aryl methyl sites for hydroxylation is 3. The largest absolute Gasteiger partial charge is 0.329 e. The minimum atomic E-state index is 0. The van der Waals surface area contributed by atoms with Crippen LogP contribution in [0.1, 0.15) is 71.6 Å². The van der Waals surface area contributed by atoms with E-state index < -0.39 is 0 Å². The van der Waals surface area contributed by atoms with E-state index in [0.29, 0.717) is 0 Å². The lowest BCUT2D eigenvalue weighted by molar-refractivity contribution is 0.543. The lowest BCUT2D eigenvalue weighted by Gasteiger charge is -2.16. The van der Waals surface area contributed by atoms with E-state index in [1.165, 1.54) is 41.5 Å². The predicted octanol–water partition coefficient (Wildman–Crippen LogP) is 8.82. The summed E-state index contributed by atoms with van der Waals surface area (Å²) in [7, 11) is 0. The van der Waals surface area contributed by atoms with Gasteiger partial charge < -0.3 is 4.57 Å². The number of aromatic nitrogens is 3. The molecule has 0 atom stereocenters. The minimum Gasteiger partial charge on any atom is -0.329 e. The second-order valence-corrected chi connectivity index (χ2v) is 7.71. The van der Waals surface area contributed by atoms with E-state index in [9.17, 15) is 0 Å². The Morgan fingerprint density at radius 1 is 0.788 bits per heavy atom. The standard InChI is InChI=1S/C18H19N3.C6H6.C3H8.C2H6.CH4/c1-12-16-17(14-8-4-3-5-9-14)15-10-6-7-11-21(15)18(16)20-13(2)19-12;1-2-4-6-5-3-1;1-3-2;1-2;/h3-5,8-9H,6-7,10-11H2,1-2H3;1-6H;3H2,1-2H3;1-2H3;1H4. The van der Waals surface area contributed by atoms with Gasteiger partial charge in [-0.3, -0.25) is 0 Å². The number of fused-ring (bicyclic) bond motifs is 3. The molecule has 178 valence electrons. The molecule has 0 spiro atoms. The molecule has 2 aromatic carbocycles. The van der Waals surface area contributed by atoms with E-state index in [1.807, 2.05) is 57.2 Å². The maximum absolute atomic E-state index is 4.75. The van der Waals surface area contributed by atoms with Gasteiger partial charge in [-0.25, -0.2) is 9.97 Å². The normalized spacial score (nSPS) is 11.3. The Morgan fingerprint density at radius 2 is 1.30 bits per heavy atom. The highest BCUT2D eigenvalue weighted by atomic mass is 15.1. The summed E-state index contributed by atoms with van der Waals surface area (Å²) in [5.41, 5.74) is 6.29. The maximum atomic E-state index is 4.75. The van der Waals surface area contributed by atoms with Crippen molar-refractivity contribution in [3.63, 3.8) is 0 Å². The van der Waals surface area contributed by atoms with Crippen LogP contribution in [0.4, 0.5) is 0 Å². The van der Waals surface area contributed by atoms with Crippen molar-refractivity contribution < 1.29 is 0 Å². The van der Waals surface area contributed by atoms with Crippen molar-refractivity contribution in [2.75, 3.05) is 0 Å². The average Bonchev–Trinajstić information content (AvgIpc) is 3.18. The summed E-state index contributed by atoms with van der Waals surface area (Å²) in [6.45, 7) is 13.4. The van der Waals surface area contributed by atoms with E-state index in [2.05, 4.69) is 60.7 Å². The third-order valence-electron chi connectivity index (χ3n) is 5.08. The Labute approximate surface area is 201 Å². The maximum Gasteiger partial charge on any atom is 0.144 e. The van der Waals surface area contributed by atoms with Crippen LogP contribution in [-0.2, 0) is 13.0 Å². The van der Waals surface area contributed by atoms with Crippen LogP contribution in [0.5, 0.6) is 0 Å². The topological polar surface area (TPSA) is 30.7 Å². The van der Waals surface area contributed by atoms with Crippen LogP contribution < -0.4 is 0 Å². The van der Waals surface area contributed by atoms with Gasteiger partial charge in [0.15, 0.2) is 0 Å². The first-order valence-electron chi connectivity index (χ1n) is 12.1. The Kier molecular flexibility index (Phi) is 12.8. The molecule has 1 aliphatic rings. The zero-order valence-electron chi connectivity index (χ0n) is 20.7. The fourth-order valence-electron chi connectivity index (χ4n) is 3.95. The van der Waals surface area contributed by atoms with Crippen LogP contribution in [0.15, 0.2) is 66.7 Å². The number of nitrogens with zero attached hydrogens (tertiary/aromatic N) is 3. The van der Waals surface area contributed by atoms with Gasteiger partial charge in [0.2, 0.25) is 0 Å². The summed E-state index contributed by atoms with van der Waals surface area (Å²) in [6.07, 6.45) is 4.90. The van der Waals surface area contributed by atoms with Gasteiger partial charge in [-0.1, -0.05) is 108 Å². The molecule has 0 radical (unpaired) electrons. The molecule has 4 aromatic rings. The second kappa shape index (κ2) is 15.0. The van der Waals surface area contributed by atoms with Crippen LogP contribution in [0, 0.1) is 13.8 Å². The van der Waals surface area contributed by atoms with Gasteiger partial charge in [-0.2, -0.15) is 0 Å². The molecule has 0 saturated carbocycles. The van der Waals surface area contributed by atoms with E-state index in [-0.39, 0.29) is 7.43 Å². The van der Waals surface area contributed by atoms with Crippen molar-refractivity contribution in [3.8, 4) is 11.1 Å². The van der Waals surface area contributed by atoms with Gasteiger partial charge in [0.25, 0.3) is 0 Å². The molecule has 5 rings (SSSR count). The summed E-state index contributed by atoms with van der Waals surface area (Å²) < 4.78 is 2.42. The quantitative estimate of drug-likeness (QED) is 0.293. The van der Waals surface area contributed by atoms with Crippen molar-refractivity contribution in [1.82, 2.24) is 14.5 Å². The van der Waals surface area contributed by atoms with Gasteiger partial charge in [0.1, 0.15) is 11.5 Å². The van der Waals surface area contributed by atoms with E-state index in [4.69, 9.17) is 4.98 Å². The fourth-order valence-corrected chi connectivity index (χ4v) is 3.95. The molecular formula is C30H43N3. The zero-order valence-corrected chi connectivity index (χ0v) is 20.7. The molecule has 2 aromatic heterocycles. The highest BCUT2D eigenvalue weighted by Crippen LogP contribution is 2.38. The Hall–Kier alpha value is -2.94. The highest BCUT2D eigenvalue weighted by molar-refractivity contribution is 5.98. The molecule has 3 heteroatoms. The second-order valence-electron chi connectivity index (χ2n) is 7.71. The SMILES string of the molecule is C.CC.CCC.Cc1nc(C)c2c(-c3ccccc3)c3n(c2n1)CCCC3.c1ccccc1. The molecule has 0 unspecified atom stereocenters. The van der Waals surface area contributed by atoms with E-state index >= 15 is 0 Å². The number of rotatable bonds is 1. The third-order valence-corrected chi connectivity index (χ3v) is 5.08. The molecule has 0 aliphatic carbocycles. The Bertz CT molecular complexity index is 1020. The zero-order chi connectivity index (χ0) is 23.3. The monoisotopic (exact) mass is 445 g/mol. The minimum absolute atomic E-state index is 0. The molecular weight excluding hydrogens is 402 g/mol. The van der Waals surface area contributed by atoms with Crippen LogP contribution in [0.2, 0.25) is 0 Å². The van der Waals surface area contributed by atoms with Crippen LogP contribution >= 0.6 is 0 Å². The molecule has 0 bridgehead atoms. The molecule has 0 amide bonds. The third kappa shape index (κ3) is 7.28. The van der Waals surface area contributed by atoms with Gasteiger partial charge in [-0.15, -0.1) is 0 Å². The lowest BCUT2D eigenvalue weighted by atomic mass is 9.98. The summed E-state index contributed by atoms with van der Waals surface area (Å²) in [6, 6.07) is 22.7. The number of hydrogen-bond donors (Lipinski definition) is 0. The van der Waals surface area contributed by atoms with Crippen molar-refractivity contribution in [3.05, 3.63) is 83.9 Å². The van der Waals surface area contributed by atoms with Gasteiger partial charge in [0, 0.05) is 23.2 Å². The highest BCUT2D eigenvalue weighted by Gasteiger charge is 2.23. The van der Waals surface area contributed by atoms with Gasteiger partial charge in [0.05, 0.1) is 5.69 Å². The van der Waals surface area contributed by atoms with Crippen molar-refractivity contribution in [2.45, 2.75) is 81.2 Å². The molecule has 0 N–H and O–H groups in total. The first-order valence-corrected chi connectivity index (χ1v) is 12.1. The molecule has 1 aliphatic heterocycles. The van der Waals surface area contributed by atoms with E-state index in [1.54, 1.807) is 0 Å². The Balaban J connectivity index is 0.000000383. The lowest BCUT2D eigenvalue weighted by Crippen LogP contribution is -2.10. The molecule has 0 saturated heterocycles. The average molecular weight is 446 g/mol. The van der Waals surface area contributed by atoms with Crippen molar-refractivity contribution in [1.29, 1.82) is 0 Å². The van der Waals surface area contributed by atoms with Crippen LogP contribution in [0.3, 0.4) is 0 Å². The van der Waals surface area contributed by atoms with Crippen LogP contribution in [0.25, 0.3) is 22.2 Å². The van der Waals surface area contributed by atoms with Gasteiger partial charge in [-0.05, 0) is 38.7 Å². The molecule has 33 heavy (non-hydrogen) atoms. The number of benzene rings is 2. The first kappa shape index (κ1) is 28.1. The number of hydrogen-bond acceptors (Lipinski definition) is 2. The molecule has 0 fully saturated rings. The summed E-state index contributed by atoms with van der Waals surface area (Å²) in [5.74, 6) is 0.866. The first-order chi connectivity index (χ1) is 15.7. The van der Waals surface area contributed by atoms with Crippen molar-refractivity contribution >= 4 is 11.0 Å². The molecule has 3 nitrogen and oxygen atoms in total. The predicted molar refractivity (Wildman–Crippen MR) is 146 cm³/mol. The summed E-state index contributed by atoms with van der Waals surface area (Å²) in [4.78, 5) is 9.35. The fraction of sp³-hybridized carbons (Fsp3) is 0.400. The summed E-state index contributed by atoms with van der Waals surface area (Å²) in [5, 5.41) is 1.24. The van der Waals surface area contributed by atoms with Gasteiger partial charge >= 0.3 is 0 Å². The Morgan fingerprint density at radius 3 is 1.85 bits per heavy atom. The smallest absolute Gasteiger partial charge is 0.144 e. The van der Waals surface area contributed by atoms with E-state index in [0.717, 1.165) is 30.1 Å². The van der Waals surface area contributed by atoms with Crippen LogP contribution in [-0.4, -0.2) is 14.5 Å². The van der Waals surface area contributed by atoms with Crippen molar-refractivity contribution in [2.24, 2.45) is 0 Å². The molecule has 3 heterocycles.